The molecule has 3 amide bonds. The molecule has 5 aliphatic heterocycles. The monoisotopic (exact) mass is 500 g/mol. The van der Waals surface area contributed by atoms with Crippen LogP contribution in [0, 0.1) is 0 Å². The summed E-state index contributed by atoms with van der Waals surface area (Å²) in [5, 5.41) is 31.8. The zero-order valence-electron chi connectivity index (χ0n) is 19.3. The number of ether oxygens (including phenoxy) is 1. The van der Waals surface area contributed by atoms with Crippen LogP contribution in [0.3, 0.4) is 0 Å². The molecule has 1 aromatic carbocycles. The second kappa shape index (κ2) is 7.54. The van der Waals surface area contributed by atoms with Crippen LogP contribution in [0.1, 0.15) is 28.8 Å². The molecule has 0 radical (unpaired) electrons. The molecule has 14 heteroatoms. The van der Waals surface area contributed by atoms with E-state index in [0.29, 0.717) is 24.3 Å². The number of likely N-dealkylation sites (tertiary alicyclic amines) is 1. The smallest absolute Gasteiger partial charge is 0.347 e. The first-order valence-corrected chi connectivity index (χ1v) is 11.8. The van der Waals surface area contributed by atoms with Crippen molar-refractivity contribution in [2.75, 3.05) is 19.7 Å². The molecule has 36 heavy (non-hydrogen) atoms. The maximum Gasteiger partial charge on any atom is 0.347 e. The summed E-state index contributed by atoms with van der Waals surface area (Å²) in [6.45, 7) is 0.345. The van der Waals surface area contributed by atoms with Gasteiger partial charge < -0.3 is 20.3 Å². The molecule has 1 aromatic rings. The zero-order valence-corrected chi connectivity index (χ0v) is 19.3. The molecular formula is C22H28N8O6+2. The van der Waals surface area contributed by atoms with E-state index in [2.05, 4.69) is 20.9 Å². The van der Waals surface area contributed by atoms with Crippen molar-refractivity contribution in [2.45, 2.75) is 48.8 Å². The number of aliphatic hydroxyl groups is 2. The standard InChI is InChI=1S/C22H26N8O6/c23-19-27-17-12(8-29-14(31)4-5-15(29)32)25-20(24)30-9-13(22(34,35)21(17,30)28-19)26-18(33)11-3-1-2-10-6-7-36-16(10)11/h1-3,12-13,17,34-35H,4-9H2,(H6,23,24,25,26,27,28,33)/p+2/t12-,13?,17-,21?/m0/s1. The average molecular weight is 501 g/mol. The van der Waals surface area contributed by atoms with Gasteiger partial charge in [0.1, 0.15) is 17.8 Å². The van der Waals surface area contributed by atoms with Crippen LogP contribution in [0.5, 0.6) is 5.75 Å². The molecule has 2 fully saturated rings. The van der Waals surface area contributed by atoms with Crippen molar-refractivity contribution < 1.29 is 38.9 Å². The Bertz CT molecular complexity index is 1240. The van der Waals surface area contributed by atoms with Gasteiger partial charge in [0, 0.05) is 19.3 Å². The number of carbonyl (C=O) groups is 3. The van der Waals surface area contributed by atoms with Crippen molar-refractivity contribution in [3.8, 4) is 5.75 Å². The molecule has 0 aromatic heterocycles. The largest absolute Gasteiger partial charge is 0.492 e. The Balaban J connectivity index is 1.33. The Hall–Kier alpha value is -3.91. The topological polar surface area (TPSA) is 209 Å². The molecule has 6 rings (SSSR count). The average Bonchev–Trinajstić information content (AvgIpc) is 3.57. The van der Waals surface area contributed by atoms with Gasteiger partial charge in [0.25, 0.3) is 17.4 Å². The molecule has 2 saturated heterocycles. The molecule has 14 nitrogen and oxygen atoms in total. The predicted molar refractivity (Wildman–Crippen MR) is 121 cm³/mol. The first kappa shape index (κ1) is 22.5. The number of imide groups is 1. The third kappa shape index (κ3) is 2.94. The van der Waals surface area contributed by atoms with E-state index in [1.807, 2.05) is 6.07 Å². The zero-order chi connectivity index (χ0) is 25.4. The number of amides is 3. The first-order chi connectivity index (χ1) is 17.1. The second-order valence-electron chi connectivity index (χ2n) is 9.72. The van der Waals surface area contributed by atoms with Crippen LogP contribution >= 0.6 is 0 Å². The van der Waals surface area contributed by atoms with Crippen LogP contribution in [0.2, 0.25) is 0 Å². The SMILES string of the molecule is NC1=[NH+][C@H]2[C@H](CN3C(=O)CCC3=O)NC(N)=[N+]3CC(NC(=O)c4cccc5c4OCC5)C(O)(O)C23N1. The van der Waals surface area contributed by atoms with Crippen LogP contribution in [0.25, 0.3) is 0 Å². The minimum atomic E-state index is -2.58. The normalized spacial score (nSPS) is 31.8. The fraction of sp³-hybridized carbons (Fsp3) is 0.500. The molecular weight excluding hydrogens is 472 g/mol. The van der Waals surface area contributed by atoms with Gasteiger partial charge in [0.2, 0.25) is 11.8 Å². The van der Waals surface area contributed by atoms with E-state index < -0.39 is 35.5 Å². The summed E-state index contributed by atoms with van der Waals surface area (Å²) in [4.78, 5) is 41.8. The molecule has 1 spiro atoms. The number of guanidine groups is 2. The summed E-state index contributed by atoms with van der Waals surface area (Å²) in [6.07, 6.45) is 0.933. The van der Waals surface area contributed by atoms with Crippen LogP contribution < -0.4 is 37.1 Å². The summed E-state index contributed by atoms with van der Waals surface area (Å²) in [5.74, 6) is -3.12. The quantitative estimate of drug-likeness (QED) is 0.111. The van der Waals surface area contributed by atoms with Gasteiger partial charge in [-0.25, -0.2) is 9.89 Å². The fourth-order valence-electron chi connectivity index (χ4n) is 6.05. The minimum absolute atomic E-state index is 0.0544. The third-order valence-corrected chi connectivity index (χ3v) is 7.75. The van der Waals surface area contributed by atoms with E-state index in [1.54, 1.807) is 12.1 Å². The molecule has 0 bridgehead atoms. The summed E-state index contributed by atoms with van der Waals surface area (Å²) in [5.41, 5.74) is 11.9. The number of hydrogen-bond acceptors (Lipinski definition) is 10. The number of fused-ring (bicyclic) bond motifs is 1. The predicted octanol–water partition coefficient (Wildman–Crippen LogP) is -6.07. The number of nitrogens with one attached hydrogen (secondary N) is 4. The lowest BCUT2D eigenvalue weighted by Crippen LogP contribution is -2.92. The highest BCUT2D eigenvalue weighted by atomic mass is 16.5. The summed E-state index contributed by atoms with van der Waals surface area (Å²) in [6, 6.07) is 2.50. The van der Waals surface area contributed by atoms with Gasteiger partial charge in [-0.1, -0.05) is 12.1 Å². The second-order valence-corrected chi connectivity index (χ2v) is 9.72. The summed E-state index contributed by atoms with van der Waals surface area (Å²) >= 11 is 0. The Kier molecular flexibility index (Phi) is 4.72. The Morgan fingerprint density at radius 2 is 2.00 bits per heavy atom. The number of carbonyl (C=O) groups excluding carboxylic acids is 3. The van der Waals surface area contributed by atoms with Crippen LogP contribution in [-0.4, -0.2) is 98.6 Å². The number of rotatable bonds is 4. The Morgan fingerprint density at radius 1 is 1.25 bits per heavy atom. The lowest BCUT2D eigenvalue weighted by Gasteiger charge is -2.41. The van der Waals surface area contributed by atoms with Crippen molar-refractivity contribution in [3.05, 3.63) is 29.3 Å². The Labute approximate surface area is 205 Å². The van der Waals surface area contributed by atoms with Gasteiger partial charge in [-0.2, -0.15) is 0 Å². The van der Waals surface area contributed by atoms with Crippen LogP contribution in [0.4, 0.5) is 0 Å². The van der Waals surface area contributed by atoms with Crippen molar-refractivity contribution in [1.82, 2.24) is 20.9 Å². The van der Waals surface area contributed by atoms with E-state index in [1.165, 1.54) is 4.58 Å². The molecule has 2 unspecified atom stereocenters. The van der Waals surface area contributed by atoms with E-state index >= 15 is 0 Å². The lowest BCUT2D eigenvalue weighted by molar-refractivity contribution is -0.674. The number of nitrogens with zero attached hydrogens (tertiary/aromatic N) is 2. The number of nitrogens with two attached hydrogens (primary N) is 2. The molecule has 0 saturated carbocycles. The highest BCUT2D eigenvalue weighted by Gasteiger charge is 2.78. The lowest BCUT2D eigenvalue weighted by atomic mass is 9.85. The maximum atomic E-state index is 13.2. The molecule has 4 atom stereocenters. The Morgan fingerprint density at radius 3 is 2.75 bits per heavy atom. The molecule has 5 heterocycles. The molecule has 190 valence electrons. The maximum absolute atomic E-state index is 13.2. The van der Waals surface area contributed by atoms with Crippen LogP contribution in [-0.2, 0) is 16.0 Å². The van der Waals surface area contributed by atoms with Gasteiger partial charge in [-0.15, -0.1) is 0 Å². The van der Waals surface area contributed by atoms with E-state index in [4.69, 9.17) is 16.2 Å². The minimum Gasteiger partial charge on any atom is -0.492 e. The van der Waals surface area contributed by atoms with Gasteiger partial charge in [0.15, 0.2) is 6.04 Å². The number of hydrogen-bond donors (Lipinski definition) is 8. The van der Waals surface area contributed by atoms with Gasteiger partial charge >= 0.3 is 11.9 Å². The molecule has 0 aliphatic carbocycles. The van der Waals surface area contributed by atoms with Crippen molar-refractivity contribution in [1.29, 1.82) is 0 Å². The number of para-hydroxylation sites is 1. The van der Waals surface area contributed by atoms with E-state index in [9.17, 15) is 24.6 Å². The third-order valence-electron chi connectivity index (χ3n) is 7.75. The van der Waals surface area contributed by atoms with E-state index in [-0.39, 0.29) is 49.7 Å². The van der Waals surface area contributed by atoms with Gasteiger partial charge in [-0.05, 0) is 11.6 Å². The van der Waals surface area contributed by atoms with Crippen molar-refractivity contribution in [3.63, 3.8) is 0 Å². The number of benzene rings is 1. The molecule has 10 N–H and O–H groups in total. The summed E-state index contributed by atoms with van der Waals surface area (Å²) < 4.78 is 7.11. The van der Waals surface area contributed by atoms with Gasteiger partial charge in [0.05, 0.1) is 25.3 Å². The van der Waals surface area contributed by atoms with E-state index in [0.717, 1.165) is 10.5 Å². The van der Waals surface area contributed by atoms with Crippen molar-refractivity contribution >= 4 is 29.6 Å². The van der Waals surface area contributed by atoms with Crippen LogP contribution in [0.15, 0.2) is 18.2 Å². The van der Waals surface area contributed by atoms with Gasteiger partial charge in [-0.3, -0.25) is 41.1 Å². The van der Waals surface area contributed by atoms with Crippen molar-refractivity contribution in [2.24, 2.45) is 11.5 Å². The highest BCUT2D eigenvalue weighted by Crippen LogP contribution is 2.38. The fourth-order valence-corrected chi connectivity index (χ4v) is 6.05. The highest BCUT2D eigenvalue weighted by molar-refractivity contribution is 6.02. The first-order valence-electron chi connectivity index (χ1n) is 11.8. The summed E-state index contributed by atoms with van der Waals surface area (Å²) in [7, 11) is 0. The molecule has 5 aliphatic rings.